The van der Waals surface area contributed by atoms with E-state index in [4.69, 9.17) is 5.73 Å². The Morgan fingerprint density at radius 3 is 2.44 bits per heavy atom. The van der Waals surface area contributed by atoms with Gasteiger partial charge in [-0.2, -0.15) is 18.2 Å². The Bertz CT molecular complexity index is 1190. The molecule has 8 nitrogen and oxygen atoms in total. The predicted molar refractivity (Wildman–Crippen MR) is 124 cm³/mol. The molecule has 0 bridgehead atoms. The number of nitrogens with two attached hydrogens (primary N) is 1. The fourth-order valence-electron chi connectivity index (χ4n) is 4.24. The van der Waals surface area contributed by atoms with Crippen molar-refractivity contribution in [3.8, 4) is 0 Å². The summed E-state index contributed by atoms with van der Waals surface area (Å²) in [5.74, 6) is 0.311. The number of hydrogen-bond acceptors (Lipinski definition) is 6. The highest BCUT2D eigenvalue weighted by molar-refractivity contribution is 5.78. The maximum Gasteiger partial charge on any atom is 0.416 e. The molecule has 0 aliphatic heterocycles. The molecule has 0 saturated heterocycles. The Morgan fingerprint density at radius 1 is 1.12 bits per heavy atom. The molecule has 2 heterocycles. The van der Waals surface area contributed by atoms with Gasteiger partial charge in [0.1, 0.15) is 5.52 Å². The van der Waals surface area contributed by atoms with Gasteiger partial charge in [0.2, 0.25) is 17.8 Å². The molecule has 182 valence electrons. The number of alkyl halides is 3. The van der Waals surface area contributed by atoms with E-state index in [-0.39, 0.29) is 29.1 Å². The van der Waals surface area contributed by atoms with Gasteiger partial charge in [0.15, 0.2) is 5.65 Å². The van der Waals surface area contributed by atoms with E-state index >= 15 is 0 Å². The molecule has 4 N–H and O–H groups in total. The number of halogens is 3. The number of carbonyl (C=O) groups is 1. The van der Waals surface area contributed by atoms with Crippen molar-refractivity contribution >= 4 is 34.7 Å². The monoisotopic (exact) mass is 475 g/mol. The zero-order chi connectivity index (χ0) is 24.7. The normalized spacial score (nSPS) is 19.2. The van der Waals surface area contributed by atoms with Crippen LogP contribution in [0.1, 0.15) is 58.1 Å². The van der Waals surface area contributed by atoms with Gasteiger partial charge in [0.25, 0.3) is 0 Å². The molecule has 2 aromatic heterocycles. The van der Waals surface area contributed by atoms with Gasteiger partial charge < -0.3 is 16.4 Å². The van der Waals surface area contributed by atoms with Crippen molar-refractivity contribution in [2.24, 2.45) is 11.7 Å². The summed E-state index contributed by atoms with van der Waals surface area (Å²) in [5.41, 5.74) is 5.82. The zero-order valence-electron chi connectivity index (χ0n) is 19.3. The third-order valence-corrected chi connectivity index (χ3v) is 5.83. The molecule has 1 aliphatic carbocycles. The Balaban J connectivity index is 1.75. The second kappa shape index (κ2) is 8.77. The minimum absolute atomic E-state index is 0.0497. The van der Waals surface area contributed by atoms with Crippen molar-refractivity contribution in [3.05, 3.63) is 36.0 Å². The molecule has 0 atom stereocenters. The average Bonchev–Trinajstić information content (AvgIpc) is 3.09. The highest BCUT2D eigenvalue weighted by Gasteiger charge is 2.31. The molecule has 0 spiro atoms. The molecule has 11 heteroatoms. The van der Waals surface area contributed by atoms with Crippen LogP contribution in [0.15, 0.2) is 30.5 Å². The van der Waals surface area contributed by atoms with Gasteiger partial charge in [-0.15, -0.1) is 0 Å². The standard InChI is InChI=1S/C23H28F3N7O/c1-22(2,3)32-20-28-12-17-19(31-20)33(16-9-7-13(8-10-16)18(27)34)21(30-17)29-15-6-4-5-14(11-15)23(24,25)26/h4-6,11-13,16H,7-10H2,1-3H3,(H2,27,34)(H,29,30)(H,28,31,32). The summed E-state index contributed by atoms with van der Waals surface area (Å²) in [6.45, 7) is 5.97. The number of benzene rings is 1. The quantitative estimate of drug-likeness (QED) is 0.478. The summed E-state index contributed by atoms with van der Waals surface area (Å²) in [6.07, 6.45) is -0.268. The summed E-state index contributed by atoms with van der Waals surface area (Å²) in [7, 11) is 0. The van der Waals surface area contributed by atoms with Crippen LogP contribution in [0.3, 0.4) is 0 Å². The lowest BCUT2D eigenvalue weighted by atomic mass is 9.85. The second-order valence-corrected chi connectivity index (χ2v) is 9.69. The lowest BCUT2D eigenvalue weighted by Crippen LogP contribution is -2.29. The summed E-state index contributed by atoms with van der Waals surface area (Å²) >= 11 is 0. The number of nitrogens with zero attached hydrogens (tertiary/aromatic N) is 4. The fourth-order valence-corrected chi connectivity index (χ4v) is 4.24. The van der Waals surface area contributed by atoms with Gasteiger partial charge in [-0.1, -0.05) is 6.07 Å². The topological polar surface area (TPSA) is 111 Å². The van der Waals surface area contributed by atoms with E-state index in [2.05, 4.69) is 25.6 Å². The largest absolute Gasteiger partial charge is 0.416 e. The number of anilines is 3. The SMILES string of the molecule is CC(C)(C)Nc1ncc2nc(Nc3cccc(C(F)(F)F)c3)n(C3CCC(C(N)=O)CC3)c2n1. The summed E-state index contributed by atoms with van der Waals surface area (Å²) in [6, 6.07) is 4.93. The van der Waals surface area contributed by atoms with Gasteiger partial charge in [-0.25, -0.2) is 9.97 Å². The Morgan fingerprint density at radius 2 is 1.82 bits per heavy atom. The second-order valence-electron chi connectivity index (χ2n) is 9.69. The third-order valence-electron chi connectivity index (χ3n) is 5.83. The van der Waals surface area contributed by atoms with Crippen LogP contribution < -0.4 is 16.4 Å². The molecular formula is C23H28F3N7O. The molecule has 3 aromatic rings. The van der Waals surface area contributed by atoms with Crippen LogP contribution in [0.4, 0.5) is 30.8 Å². The molecule has 1 aromatic carbocycles. The number of amides is 1. The summed E-state index contributed by atoms with van der Waals surface area (Å²) in [5, 5.41) is 6.28. The molecule has 1 aliphatic rings. The number of fused-ring (bicyclic) bond motifs is 1. The molecule has 4 rings (SSSR count). The Labute approximate surface area is 195 Å². The molecule has 0 radical (unpaired) electrons. The Kier molecular flexibility index (Phi) is 6.13. The van der Waals surface area contributed by atoms with Crippen molar-refractivity contribution in [3.63, 3.8) is 0 Å². The highest BCUT2D eigenvalue weighted by Crippen LogP contribution is 2.37. The van der Waals surface area contributed by atoms with Crippen molar-refractivity contribution in [2.45, 2.75) is 64.2 Å². The van der Waals surface area contributed by atoms with E-state index < -0.39 is 11.7 Å². The van der Waals surface area contributed by atoms with Crippen LogP contribution in [0.25, 0.3) is 11.2 Å². The lowest BCUT2D eigenvalue weighted by molar-refractivity contribution is -0.137. The number of carbonyl (C=O) groups excluding carboxylic acids is 1. The first-order valence-electron chi connectivity index (χ1n) is 11.2. The van der Waals surface area contributed by atoms with E-state index in [1.165, 1.54) is 6.07 Å². The highest BCUT2D eigenvalue weighted by atomic mass is 19.4. The van der Waals surface area contributed by atoms with E-state index in [9.17, 15) is 18.0 Å². The van der Waals surface area contributed by atoms with Gasteiger partial charge >= 0.3 is 6.18 Å². The first-order valence-corrected chi connectivity index (χ1v) is 11.2. The van der Waals surface area contributed by atoms with Crippen LogP contribution in [-0.4, -0.2) is 31.0 Å². The number of rotatable bonds is 5. The van der Waals surface area contributed by atoms with Crippen molar-refractivity contribution in [1.29, 1.82) is 0 Å². The van der Waals surface area contributed by atoms with Crippen LogP contribution in [0, 0.1) is 5.92 Å². The van der Waals surface area contributed by atoms with Gasteiger partial charge in [0.05, 0.1) is 11.8 Å². The zero-order valence-corrected chi connectivity index (χ0v) is 19.3. The third kappa shape index (κ3) is 5.23. The molecule has 34 heavy (non-hydrogen) atoms. The number of aromatic nitrogens is 4. The van der Waals surface area contributed by atoms with Crippen molar-refractivity contribution in [1.82, 2.24) is 19.5 Å². The van der Waals surface area contributed by atoms with Gasteiger partial charge in [-0.3, -0.25) is 9.36 Å². The molecule has 1 amide bonds. The maximum absolute atomic E-state index is 13.2. The van der Waals surface area contributed by atoms with Crippen LogP contribution >= 0.6 is 0 Å². The minimum Gasteiger partial charge on any atom is -0.369 e. The van der Waals surface area contributed by atoms with Crippen molar-refractivity contribution in [2.75, 3.05) is 10.6 Å². The van der Waals surface area contributed by atoms with E-state index in [0.29, 0.717) is 48.7 Å². The van der Waals surface area contributed by atoms with E-state index in [1.54, 1.807) is 12.3 Å². The first-order chi connectivity index (χ1) is 15.9. The minimum atomic E-state index is -4.45. The van der Waals surface area contributed by atoms with E-state index in [1.807, 2.05) is 25.3 Å². The summed E-state index contributed by atoms with van der Waals surface area (Å²) < 4.78 is 41.5. The van der Waals surface area contributed by atoms with Crippen LogP contribution in [0.5, 0.6) is 0 Å². The number of primary amides is 1. The van der Waals surface area contributed by atoms with Crippen LogP contribution in [0.2, 0.25) is 0 Å². The lowest BCUT2D eigenvalue weighted by Gasteiger charge is -2.29. The Hall–Kier alpha value is -3.37. The number of nitrogens with one attached hydrogen (secondary N) is 2. The molecule has 1 saturated carbocycles. The molecular weight excluding hydrogens is 447 g/mol. The van der Waals surface area contributed by atoms with E-state index in [0.717, 1.165) is 12.1 Å². The van der Waals surface area contributed by atoms with Gasteiger partial charge in [-0.05, 0) is 64.7 Å². The van der Waals surface area contributed by atoms with Gasteiger partial charge in [0, 0.05) is 23.2 Å². The fraction of sp³-hybridized carbons (Fsp3) is 0.478. The first kappa shape index (κ1) is 23.8. The summed E-state index contributed by atoms with van der Waals surface area (Å²) in [4.78, 5) is 25.2. The number of hydrogen-bond donors (Lipinski definition) is 3. The van der Waals surface area contributed by atoms with Crippen LogP contribution in [-0.2, 0) is 11.0 Å². The maximum atomic E-state index is 13.2. The smallest absolute Gasteiger partial charge is 0.369 e. The predicted octanol–water partition coefficient (Wildman–Crippen LogP) is 5.02. The number of imidazole rings is 1. The average molecular weight is 476 g/mol. The molecule has 0 unspecified atom stereocenters. The van der Waals surface area contributed by atoms with Crippen molar-refractivity contribution < 1.29 is 18.0 Å². The molecule has 1 fully saturated rings.